The van der Waals surface area contributed by atoms with Crippen molar-refractivity contribution < 1.29 is 28.9 Å². The molecule has 0 amide bonds. The van der Waals surface area contributed by atoms with E-state index in [1.807, 2.05) is 30.3 Å². The van der Waals surface area contributed by atoms with Crippen LogP contribution in [0.5, 0.6) is 5.75 Å². The largest absolute Gasteiger partial charge is 0.493 e. The lowest BCUT2D eigenvalue weighted by Gasteiger charge is -2.32. The van der Waals surface area contributed by atoms with Gasteiger partial charge in [-0.25, -0.2) is 9.18 Å². The van der Waals surface area contributed by atoms with Gasteiger partial charge in [0.05, 0.1) is 26.4 Å². The van der Waals surface area contributed by atoms with E-state index in [1.165, 1.54) is 24.8 Å². The summed E-state index contributed by atoms with van der Waals surface area (Å²) in [7, 11) is 0. The third-order valence-corrected chi connectivity index (χ3v) is 10.6. The molecule has 0 saturated heterocycles. The maximum absolute atomic E-state index is 15.7. The third-order valence-electron chi connectivity index (χ3n) is 10.6. The maximum atomic E-state index is 15.7. The van der Waals surface area contributed by atoms with E-state index in [-0.39, 0.29) is 31.1 Å². The van der Waals surface area contributed by atoms with E-state index in [1.54, 1.807) is 13.0 Å². The number of aryl methyl sites for hydroxylation is 3. The molecule has 296 valence electrons. The topological polar surface area (TPSA) is 76.0 Å². The fourth-order valence-electron chi connectivity index (χ4n) is 6.85. The van der Waals surface area contributed by atoms with Crippen molar-refractivity contribution in [1.82, 2.24) is 0 Å². The van der Waals surface area contributed by atoms with Crippen molar-refractivity contribution in [3.63, 3.8) is 0 Å². The first-order valence-corrected chi connectivity index (χ1v) is 20.1. The highest BCUT2D eigenvalue weighted by atomic mass is 19.1. The van der Waals surface area contributed by atoms with E-state index < -0.39 is 11.4 Å². The SMILES string of the molecule is C=C(C)C(=O)OCCCc1cc(-c2ccc(-c3ccc(-c4ccc(CCCCC)cc4)cc3F)cc2CC)ccc1OCCC(CO)(CO)CCC(C)(C)C. The molecule has 0 bridgehead atoms. The van der Waals surface area contributed by atoms with Crippen molar-refractivity contribution in [3.8, 4) is 39.1 Å². The summed E-state index contributed by atoms with van der Waals surface area (Å²) in [4.78, 5) is 12.0. The number of aliphatic hydroxyl groups is 2. The molecule has 0 spiro atoms. The van der Waals surface area contributed by atoms with Crippen molar-refractivity contribution in [3.05, 3.63) is 114 Å². The third kappa shape index (κ3) is 12.6. The molecule has 5 nitrogen and oxygen atoms in total. The molecule has 0 heterocycles. The first-order chi connectivity index (χ1) is 26.3. The number of ether oxygens (including phenoxy) is 2. The van der Waals surface area contributed by atoms with Crippen LogP contribution in [0.1, 0.15) is 103 Å². The molecule has 0 aromatic heterocycles. The summed E-state index contributed by atoms with van der Waals surface area (Å²) in [5.41, 5.74) is 8.56. The minimum Gasteiger partial charge on any atom is -0.493 e. The van der Waals surface area contributed by atoms with Crippen molar-refractivity contribution in [2.24, 2.45) is 10.8 Å². The molecule has 2 N–H and O–H groups in total. The molecule has 0 unspecified atom stereocenters. The van der Waals surface area contributed by atoms with Gasteiger partial charge in [-0.3, -0.25) is 0 Å². The highest BCUT2D eigenvalue weighted by Gasteiger charge is 2.30. The average molecular weight is 751 g/mol. The normalized spacial score (nSPS) is 11.8. The lowest BCUT2D eigenvalue weighted by Crippen LogP contribution is -2.33. The highest BCUT2D eigenvalue weighted by Crippen LogP contribution is 2.37. The van der Waals surface area contributed by atoms with E-state index in [0.717, 1.165) is 64.0 Å². The Morgan fingerprint density at radius 1 is 0.709 bits per heavy atom. The summed E-state index contributed by atoms with van der Waals surface area (Å²) in [5, 5.41) is 20.6. The van der Waals surface area contributed by atoms with Crippen LogP contribution in [0.3, 0.4) is 0 Å². The fraction of sp³-hybridized carbons (Fsp3) is 0.449. The minimum absolute atomic E-state index is 0.0852. The number of benzene rings is 4. The first kappa shape index (κ1) is 43.5. The summed E-state index contributed by atoms with van der Waals surface area (Å²) in [6, 6.07) is 26.3. The van der Waals surface area contributed by atoms with Crippen molar-refractivity contribution in [2.75, 3.05) is 26.4 Å². The van der Waals surface area contributed by atoms with Crippen LogP contribution in [0.25, 0.3) is 33.4 Å². The molecule has 55 heavy (non-hydrogen) atoms. The van der Waals surface area contributed by atoms with Crippen LogP contribution in [0, 0.1) is 16.6 Å². The number of unbranched alkanes of at least 4 members (excludes halogenated alkanes) is 2. The second-order valence-electron chi connectivity index (χ2n) is 16.4. The van der Waals surface area contributed by atoms with Gasteiger partial charge in [-0.05, 0) is 126 Å². The molecule has 4 aromatic rings. The number of carbonyl (C=O) groups excluding carboxylic acids is 1. The Balaban J connectivity index is 1.56. The van der Waals surface area contributed by atoms with Gasteiger partial charge in [0.25, 0.3) is 0 Å². The Bertz CT molecular complexity index is 1850. The standard InChI is InChI=1S/C49H63FO5/c1-8-10-11-13-36-15-17-38(18-16-36)39-19-23-44(45(50)32-39)41-20-22-43(37(9-2)30-41)40-21-24-46(42(31-40)14-12-28-55-47(53)35(3)4)54-29-27-49(33-51,34-52)26-25-48(5,6)7/h15-24,30-32,51-52H,3,8-14,25-29,33-34H2,1-2,4-7H3. The quantitative estimate of drug-likeness (QED) is 0.0504. The highest BCUT2D eigenvalue weighted by molar-refractivity contribution is 5.86. The lowest BCUT2D eigenvalue weighted by molar-refractivity contribution is -0.139. The van der Waals surface area contributed by atoms with Gasteiger partial charge in [-0.2, -0.15) is 0 Å². The Morgan fingerprint density at radius 2 is 1.35 bits per heavy atom. The minimum atomic E-state index is -0.624. The molecule has 6 heteroatoms. The molecule has 0 aliphatic carbocycles. The molecule has 0 radical (unpaired) electrons. The number of aliphatic hydroxyl groups excluding tert-OH is 2. The molecule has 0 atom stereocenters. The number of carbonyl (C=O) groups is 1. The number of hydrogen-bond donors (Lipinski definition) is 2. The lowest BCUT2D eigenvalue weighted by atomic mass is 9.76. The predicted octanol–water partition coefficient (Wildman–Crippen LogP) is 11.7. The zero-order valence-corrected chi connectivity index (χ0v) is 34.1. The van der Waals surface area contributed by atoms with Gasteiger partial charge >= 0.3 is 5.97 Å². The monoisotopic (exact) mass is 750 g/mol. The van der Waals surface area contributed by atoms with Crippen LogP contribution in [0.2, 0.25) is 0 Å². The molecular weight excluding hydrogens is 688 g/mol. The van der Waals surface area contributed by atoms with Crippen LogP contribution in [0.15, 0.2) is 91.0 Å². The summed E-state index contributed by atoms with van der Waals surface area (Å²) in [6.45, 7) is 16.5. The summed E-state index contributed by atoms with van der Waals surface area (Å²) < 4.78 is 27.5. The van der Waals surface area contributed by atoms with Gasteiger partial charge in [0.15, 0.2) is 0 Å². The Hall–Kier alpha value is -4.26. The predicted molar refractivity (Wildman–Crippen MR) is 225 cm³/mol. The number of rotatable bonds is 21. The van der Waals surface area contributed by atoms with Crippen molar-refractivity contribution in [1.29, 1.82) is 0 Å². The van der Waals surface area contributed by atoms with E-state index in [9.17, 15) is 15.0 Å². The van der Waals surface area contributed by atoms with Gasteiger partial charge in [-0.1, -0.05) is 115 Å². The summed E-state index contributed by atoms with van der Waals surface area (Å²) in [5.74, 6) is 0.0641. The fourth-order valence-corrected chi connectivity index (χ4v) is 6.85. The molecule has 0 aliphatic rings. The zero-order chi connectivity index (χ0) is 40.0. The molecular formula is C49H63FO5. The maximum Gasteiger partial charge on any atom is 0.333 e. The van der Waals surface area contributed by atoms with Crippen molar-refractivity contribution in [2.45, 2.75) is 106 Å². The smallest absolute Gasteiger partial charge is 0.333 e. The van der Waals surface area contributed by atoms with Gasteiger partial charge in [-0.15, -0.1) is 0 Å². The van der Waals surface area contributed by atoms with Crippen LogP contribution in [0.4, 0.5) is 4.39 Å². The number of esters is 1. The zero-order valence-electron chi connectivity index (χ0n) is 34.1. The van der Waals surface area contributed by atoms with Crippen LogP contribution < -0.4 is 4.74 Å². The average Bonchev–Trinajstić information content (AvgIpc) is 3.18. The molecule has 0 saturated carbocycles. The van der Waals surface area contributed by atoms with Crippen LogP contribution in [-0.2, 0) is 28.8 Å². The van der Waals surface area contributed by atoms with Gasteiger partial charge < -0.3 is 19.7 Å². The summed E-state index contributed by atoms with van der Waals surface area (Å²) in [6.07, 6.45) is 8.74. The Labute approximate surface area is 329 Å². The van der Waals surface area contributed by atoms with E-state index >= 15 is 4.39 Å². The van der Waals surface area contributed by atoms with Crippen LogP contribution >= 0.6 is 0 Å². The van der Waals surface area contributed by atoms with E-state index in [2.05, 4.69) is 83.7 Å². The molecule has 0 aliphatic heterocycles. The number of halogens is 1. The molecule has 4 rings (SSSR count). The van der Waals surface area contributed by atoms with Gasteiger partial charge in [0.2, 0.25) is 0 Å². The van der Waals surface area contributed by atoms with Crippen LogP contribution in [-0.4, -0.2) is 42.6 Å². The Kier molecular flexibility index (Phi) is 16.3. The van der Waals surface area contributed by atoms with Gasteiger partial charge in [0.1, 0.15) is 11.6 Å². The Morgan fingerprint density at radius 3 is 1.98 bits per heavy atom. The second-order valence-corrected chi connectivity index (χ2v) is 16.4. The van der Waals surface area contributed by atoms with Gasteiger partial charge in [0, 0.05) is 16.6 Å². The molecule has 4 aromatic carbocycles. The first-order valence-electron chi connectivity index (χ1n) is 20.1. The molecule has 0 fully saturated rings. The van der Waals surface area contributed by atoms with E-state index in [4.69, 9.17) is 9.47 Å². The second kappa shape index (κ2) is 20.6. The number of hydrogen-bond acceptors (Lipinski definition) is 5. The van der Waals surface area contributed by atoms with Crippen molar-refractivity contribution >= 4 is 5.97 Å². The summed E-state index contributed by atoms with van der Waals surface area (Å²) >= 11 is 0. The van der Waals surface area contributed by atoms with E-state index in [0.29, 0.717) is 43.4 Å².